The van der Waals surface area contributed by atoms with Crippen LogP contribution >= 0.6 is 23.5 Å². The SMILES string of the molecule is C=CC(=O)OCC(COc1ccc(OC(=O)C2CCC(C(O)Oc3c4c(c(OC(O)C5CCC(C(=O)Oc6ccc(OCC(COC(=O)C=C)OC(=O)C=C)cc6)CC5)c5ccccc35)SC(C3C(=O)C5=CCCC=C5C3=O)S4)CC2)cc1)OC(=O)C=C. The third kappa shape index (κ3) is 15.8. The Morgan fingerprint density at radius 2 is 0.864 bits per heavy atom. The van der Waals surface area contributed by atoms with Crippen molar-refractivity contribution < 1.29 is 95.9 Å². The Kier molecular flexibility index (Phi) is 21.8. The molecule has 0 aromatic heterocycles. The first-order valence-electron chi connectivity index (χ1n) is 28.8. The Balaban J connectivity index is 0.830. The van der Waals surface area contributed by atoms with Crippen LogP contribution in [0.3, 0.4) is 0 Å². The number of ketones is 2. The number of carbonyl (C=O) groups is 8. The summed E-state index contributed by atoms with van der Waals surface area (Å²) in [6.45, 7) is 12.6. The summed E-state index contributed by atoms with van der Waals surface area (Å²) in [7, 11) is 0. The number of carbonyl (C=O) groups excluding carboxylic acids is 8. The number of Topliss-reactive ketones (excluding diaryl/α,β-unsaturated/α-hetero) is 2. The maximum Gasteiger partial charge on any atom is 0.330 e. The van der Waals surface area contributed by atoms with E-state index in [1.807, 2.05) is 36.4 Å². The highest BCUT2D eigenvalue weighted by atomic mass is 32.2. The van der Waals surface area contributed by atoms with Gasteiger partial charge >= 0.3 is 35.8 Å². The highest BCUT2D eigenvalue weighted by molar-refractivity contribution is 8.19. The van der Waals surface area contributed by atoms with Gasteiger partial charge in [-0.1, -0.05) is 62.7 Å². The van der Waals surface area contributed by atoms with E-state index in [0.717, 1.165) is 24.3 Å². The van der Waals surface area contributed by atoms with Crippen molar-refractivity contribution in [3.8, 4) is 34.5 Å². The Bertz CT molecular complexity index is 3170. The zero-order chi connectivity index (χ0) is 62.4. The zero-order valence-electron chi connectivity index (χ0n) is 48.0. The van der Waals surface area contributed by atoms with Crippen LogP contribution in [0.15, 0.2) is 157 Å². The van der Waals surface area contributed by atoms with E-state index in [1.54, 1.807) is 48.5 Å². The van der Waals surface area contributed by atoms with Gasteiger partial charge in [-0.2, -0.15) is 0 Å². The summed E-state index contributed by atoms with van der Waals surface area (Å²) in [6.07, 6.45) is 7.59. The van der Waals surface area contributed by atoms with E-state index in [0.29, 0.717) is 119 Å². The minimum atomic E-state index is -1.33. The molecule has 20 nitrogen and oxygen atoms in total. The van der Waals surface area contributed by atoms with Crippen LogP contribution in [-0.2, 0) is 57.3 Å². The number of ether oxygens (including phenoxy) is 10. The van der Waals surface area contributed by atoms with Crippen LogP contribution in [0.2, 0.25) is 0 Å². The molecule has 0 spiro atoms. The molecule has 462 valence electrons. The first-order valence-corrected chi connectivity index (χ1v) is 30.5. The van der Waals surface area contributed by atoms with Crippen LogP contribution < -0.4 is 28.4 Å². The second kappa shape index (κ2) is 30.0. The summed E-state index contributed by atoms with van der Waals surface area (Å²) in [5.41, 5.74) is 0.859. The molecular weight excluding hydrogens is 1180 g/mol. The number of aliphatic hydroxyl groups excluding tert-OH is 2. The fourth-order valence-corrected chi connectivity index (χ4v) is 14.1. The molecule has 22 heteroatoms. The molecule has 0 amide bonds. The fraction of sp³-hybridized carbons (Fsp3) is 0.364. The summed E-state index contributed by atoms with van der Waals surface area (Å²) in [6, 6.07) is 19.8. The second-order valence-corrected chi connectivity index (χ2v) is 23.9. The van der Waals surface area contributed by atoms with Crippen molar-refractivity contribution in [2.45, 2.75) is 103 Å². The number of rotatable bonds is 27. The minimum Gasteiger partial charge on any atom is -0.490 e. The topological polar surface area (TPSA) is 269 Å². The number of hydrogen-bond donors (Lipinski definition) is 2. The average Bonchev–Trinajstić information content (AvgIpc) is 2.16. The fourth-order valence-electron chi connectivity index (χ4n) is 10.8. The van der Waals surface area contributed by atoms with Gasteiger partial charge in [-0.05, 0) is 113 Å². The highest BCUT2D eigenvalue weighted by Crippen LogP contribution is 2.62. The lowest BCUT2D eigenvalue weighted by atomic mass is 9.81. The number of allylic oxidation sites excluding steroid dienone is 4. The van der Waals surface area contributed by atoms with Crippen LogP contribution in [-0.4, -0.2) is 113 Å². The minimum absolute atomic E-state index is 0.153. The average molecular weight is 1240 g/mol. The van der Waals surface area contributed by atoms with Gasteiger partial charge in [-0.25, -0.2) is 19.2 Å². The van der Waals surface area contributed by atoms with Crippen molar-refractivity contribution in [2.75, 3.05) is 26.4 Å². The molecule has 4 aromatic rings. The molecule has 0 bridgehead atoms. The number of benzene rings is 4. The van der Waals surface area contributed by atoms with Crippen LogP contribution in [0.4, 0.5) is 0 Å². The van der Waals surface area contributed by atoms with Crippen molar-refractivity contribution in [2.24, 2.45) is 29.6 Å². The number of fused-ring (bicyclic) bond motifs is 3. The molecule has 4 aliphatic carbocycles. The molecule has 4 unspecified atom stereocenters. The van der Waals surface area contributed by atoms with E-state index in [9.17, 15) is 48.6 Å². The maximum absolute atomic E-state index is 14.1. The molecule has 4 atom stereocenters. The predicted octanol–water partition coefficient (Wildman–Crippen LogP) is 9.41. The van der Waals surface area contributed by atoms with E-state index >= 15 is 0 Å². The quantitative estimate of drug-likeness (QED) is 0.0140. The van der Waals surface area contributed by atoms with Crippen LogP contribution in [0, 0.1) is 29.6 Å². The van der Waals surface area contributed by atoms with Crippen molar-refractivity contribution >= 4 is 81.7 Å². The normalized spacial score (nSPS) is 21.0. The van der Waals surface area contributed by atoms with Crippen molar-refractivity contribution in [3.05, 3.63) is 147 Å². The number of esters is 6. The standard InChI is InChI=1S/C66H66O20S2/c1-5-51(67)79-35-45(81-53(69)7-3)33-77-41-25-29-43(30-26-41)83-62(73)37-17-21-39(22-18-37)64(75)85-58-49-15-11-12-16-50(49)59(61-60(58)87-66(88-61)55-56(71)47-13-9-10-14-48(47)57(55)72)86-65(76)40-23-19-38(20-24-40)63(74)84-44-31-27-42(28-32-44)78-34-46(82-54(70)8-4)36-80-52(68)6-2/h5-8,11-16,25-32,37-40,45-46,55,64-66,75-76H,1-4,9-10,17-24,33-36H2. The van der Waals surface area contributed by atoms with Gasteiger partial charge in [0.1, 0.15) is 66.8 Å². The Morgan fingerprint density at radius 1 is 0.500 bits per heavy atom. The van der Waals surface area contributed by atoms with Gasteiger partial charge in [0, 0.05) is 58.1 Å². The monoisotopic (exact) mass is 1240 g/mol. The lowest BCUT2D eigenvalue weighted by Gasteiger charge is -2.32. The molecule has 88 heavy (non-hydrogen) atoms. The van der Waals surface area contributed by atoms with Gasteiger partial charge in [-0.3, -0.25) is 19.2 Å². The third-order valence-electron chi connectivity index (χ3n) is 15.5. The van der Waals surface area contributed by atoms with Crippen LogP contribution in [0.1, 0.15) is 64.2 Å². The molecule has 3 saturated carbocycles. The third-order valence-corrected chi connectivity index (χ3v) is 18.5. The lowest BCUT2D eigenvalue weighted by molar-refractivity contribution is -0.154. The van der Waals surface area contributed by atoms with Crippen molar-refractivity contribution in [1.82, 2.24) is 0 Å². The Morgan fingerprint density at radius 3 is 1.23 bits per heavy atom. The molecule has 9 rings (SSSR count). The predicted molar refractivity (Wildman–Crippen MR) is 320 cm³/mol. The van der Waals surface area contributed by atoms with E-state index in [1.165, 1.54) is 23.5 Å². The van der Waals surface area contributed by atoms with E-state index in [-0.39, 0.29) is 49.5 Å². The first-order chi connectivity index (χ1) is 42.5. The molecule has 5 aliphatic rings. The van der Waals surface area contributed by atoms with E-state index in [2.05, 4.69) is 26.3 Å². The molecule has 1 aliphatic heterocycles. The molecule has 0 saturated heterocycles. The van der Waals surface area contributed by atoms with Gasteiger partial charge in [0.15, 0.2) is 36.4 Å². The molecule has 1 heterocycles. The smallest absolute Gasteiger partial charge is 0.330 e. The summed E-state index contributed by atoms with van der Waals surface area (Å²) in [5, 5.41) is 25.1. The summed E-state index contributed by atoms with van der Waals surface area (Å²) in [4.78, 5) is 103. The summed E-state index contributed by atoms with van der Waals surface area (Å²) in [5.74, 6) is -5.05. The molecule has 0 radical (unpaired) electrons. The van der Waals surface area contributed by atoms with Gasteiger partial charge in [-0.15, -0.1) is 23.5 Å². The van der Waals surface area contributed by atoms with Crippen LogP contribution in [0.25, 0.3) is 10.8 Å². The van der Waals surface area contributed by atoms with E-state index < -0.39 is 94.8 Å². The number of hydrogen-bond acceptors (Lipinski definition) is 22. The second-order valence-electron chi connectivity index (χ2n) is 21.3. The number of aliphatic hydroxyl groups is 2. The van der Waals surface area contributed by atoms with E-state index in [4.69, 9.17) is 47.4 Å². The Hall–Kier alpha value is -8.44. The summed E-state index contributed by atoms with van der Waals surface area (Å²) < 4.78 is 56.0. The van der Waals surface area contributed by atoms with Gasteiger partial charge in [0.2, 0.25) is 0 Å². The molecular formula is C66H66O20S2. The van der Waals surface area contributed by atoms with Crippen molar-refractivity contribution in [1.29, 1.82) is 0 Å². The Labute approximate surface area is 515 Å². The van der Waals surface area contributed by atoms with Gasteiger partial charge in [0.25, 0.3) is 0 Å². The van der Waals surface area contributed by atoms with Crippen molar-refractivity contribution in [3.63, 3.8) is 0 Å². The van der Waals surface area contributed by atoms with Crippen LogP contribution in [0.5, 0.6) is 34.5 Å². The molecule has 2 N–H and O–H groups in total. The molecule has 3 fully saturated rings. The maximum atomic E-state index is 14.1. The van der Waals surface area contributed by atoms with Gasteiger partial charge in [0.05, 0.1) is 26.2 Å². The van der Waals surface area contributed by atoms with Gasteiger partial charge < -0.3 is 57.6 Å². The number of thioether (sulfide) groups is 2. The lowest BCUT2D eigenvalue weighted by Crippen LogP contribution is -2.34. The summed E-state index contributed by atoms with van der Waals surface area (Å²) >= 11 is 2.58. The first kappa shape index (κ1) is 64.0. The molecule has 4 aromatic carbocycles. The zero-order valence-corrected chi connectivity index (χ0v) is 49.6. The highest BCUT2D eigenvalue weighted by Gasteiger charge is 2.50. The largest absolute Gasteiger partial charge is 0.490 e.